The van der Waals surface area contributed by atoms with Gasteiger partial charge in [-0.25, -0.2) is 4.79 Å². The number of urea groups is 1. The van der Waals surface area contributed by atoms with Gasteiger partial charge in [-0.1, -0.05) is 12.5 Å². The van der Waals surface area contributed by atoms with Gasteiger partial charge in [0.15, 0.2) is 11.5 Å². The molecule has 1 aromatic rings. The number of fused-ring (bicyclic) bond motifs is 1. The van der Waals surface area contributed by atoms with Crippen LogP contribution in [0.25, 0.3) is 0 Å². The van der Waals surface area contributed by atoms with Crippen LogP contribution in [0.3, 0.4) is 0 Å². The van der Waals surface area contributed by atoms with Crippen LogP contribution < -0.4 is 20.1 Å². The van der Waals surface area contributed by atoms with Crippen LogP contribution >= 0.6 is 0 Å². The summed E-state index contributed by atoms with van der Waals surface area (Å²) in [7, 11) is 3.14. The molecule has 9 nitrogen and oxygen atoms in total. The Kier molecular flexibility index (Phi) is 8.49. The number of rotatable bonds is 10. The van der Waals surface area contributed by atoms with Crippen molar-refractivity contribution in [3.63, 3.8) is 0 Å². The number of methoxy groups -OCH3 is 2. The number of piperidine rings is 2. The molecule has 0 saturated carbocycles. The van der Waals surface area contributed by atoms with Crippen molar-refractivity contribution >= 4 is 17.8 Å². The zero-order chi connectivity index (χ0) is 24.8. The summed E-state index contributed by atoms with van der Waals surface area (Å²) in [4.78, 5) is 41.5. The van der Waals surface area contributed by atoms with Crippen LogP contribution in [-0.4, -0.2) is 80.1 Å². The topological polar surface area (TPSA) is 100 Å². The average Bonchev–Trinajstić information content (AvgIpc) is 3.16. The van der Waals surface area contributed by atoms with E-state index in [9.17, 15) is 14.4 Å². The maximum atomic E-state index is 12.8. The van der Waals surface area contributed by atoms with Gasteiger partial charge in [0.1, 0.15) is 6.04 Å². The highest BCUT2D eigenvalue weighted by molar-refractivity contribution is 6.04. The first-order valence-corrected chi connectivity index (χ1v) is 12.8. The molecule has 9 heteroatoms. The lowest BCUT2D eigenvalue weighted by atomic mass is 9.83. The maximum Gasteiger partial charge on any atom is 0.324 e. The van der Waals surface area contributed by atoms with E-state index in [0.29, 0.717) is 42.8 Å². The van der Waals surface area contributed by atoms with E-state index in [2.05, 4.69) is 15.5 Å². The fraction of sp³-hybridized carbons (Fsp3) is 0.654. The Labute approximate surface area is 207 Å². The van der Waals surface area contributed by atoms with Crippen molar-refractivity contribution in [2.75, 3.05) is 40.4 Å². The lowest BCUT2D eigenvalue weighted by Crippen LogP contribution is -2.51. The van der Waals surface area contributed by atoms with E-state index < -0.39 is 12.1 Å². The molecule has 35 heavy (non-hydrogen) atoms. The van der Waals surface area contributed by atoms with Gasteiger partial charge >= 0.3 is 6.03 Å². The van der Waals surface area contributed by atoms with Crippen molar-refractivity contribution < 1.29 is 23.9 Å². The molecule has 192 valence electrons. The van der Waals surface area contributed by atoms with Gasteiger partial charge in [-0.3, -0.25) is 14.5 Å². The molecule has 3 atom stereocenters. The smallest absolute Gasteiger partial charge is 0.324 e. The molecule has 0 aliphatic carbocycles. The third-order valence-corrected chi connectivity index (χ3v) is 7.63. The molecule has 4 rings (SSSR count). The van der Waals surface area contributed by atoms with Crippen LogP contribution in [0.5, 0.6) is 11.5 Å². The Bertz CT molecular complexity index is 921. The number of imide groups is 1. The third-order valence-electron chi connectivity index (χ3n) is 7.63. The van der Waals surface area contributed by atoms with E-state index in [4.69, 9.17) is 9.47 Å². The maximum absolute atomic E-state index is 12.8. The fourth-order valence-corrected chi connectivity index (χ4v) is 5.69. The van der Waals surface area contributed by atoms with E-state index in [-0.39, 0.29) is 24.8 Å². The van der Waals surface area contributed by atoms with Gasteiger partial charge in [0, 0.05) is 25.6 Å². The number of amides is 4. The monoisotopic (exact) mass is 486 g/mol. The second-order valence-corrected chi connectivity index (χ2v) is 9.78. The van der Waals surface area contributed by atoms with Crippen molar-refractivity contribution in [3.05, 3.63) is 23.8 Å². The summed E-state index contributed by atoms with van der Waals surface area (Å²) in [5.41, 5.74) is 0.935. The zero-order valence-corrected chi connectivity index (χ0v) is 20.9. The van der Waals surface area contributed by atoms with Crippen LogP contribution in [0.2, 0.25) is 0 Å². The molecular formula is C26H38N4O5. The number of carbonyl (C=O) groups is 3. The Hall–Kier alpha value is -2.81. The summed E-state index contributed by atoms with van der Waals surface area (Å²) in [5, 5.41) is 5.82. The van der Waals surface area contributed by atoms with Gasteiger partial charge in [-0.15, -0.1) is 0 Å². The molecule has 2 N–H and O–H groups in total. The molecule has 4 amide bonds. The Morgan fingerprint density at radius 1 is 1.09 bits per heavy atom. The summed E-state index contributed by atoms with van der Waals surface area (Å²) >= 11 is 0. The molecule has 0 bridgehead atoms. The second kappa shape index (κ2) is 11.7. The minimum Gasteiger partial charge on any atom is -0.493 e. The van der Waals surface area contributed by atoms with E-state index in [1.165, 1.54) is 43.7 Å². The molecule has 3 fully saturated rings. The number of nitrogens with one attached hydrogen (secondary N) is 2. The Morgan fingerprint density at radius 3 is 2.69 bits per heavy atom. The standard InChI is InChI=1S/C26H38N4O5/c1-34-22-10-8-18(16-23(22)35-2)12-15-30-25(32)20(28-26(30)33)9-11-24(31)27-17-19-6-5-14-29-13-4-3-7-21(19)29/h8,10,16,19-21H,3-7,9,11-15,17H2,1-2H3,(H,27,31)(H,28,33)/t19-,20+,21-/m0/s1. The third kappa shape index (κ3) is 6.07. The highest BCUT2D eigenvalue weighted by atomic mass is 16.5. The fourth-order valence-electron chi connectivity index (χ4n) is 5.69. The highest BCUT2D eigenvalue weighted by Gasteiger charge is 2.38. The number of carbonyl (C=O) groups excluding carboxylic acids is 3. The number of hydrogen-bond acceptors (Lipinski definition) is 6. The van der Waals surface area contributed by atoms with Crippen molar-refractivity contribution in [1.82, 2.24) is 20.4 Å². The van der Waals surface area contributed by atoms with E-state index in [0.717, 1.165) is 12.0 Å². The Morgan fingerprint density at radius 2 is 1.89 bits per heavy atom. The minimum atomic E-state index is -0.651. The Balaban J connectivity index is 1.21. The van der Waals surface area contributed by atoms with Gasteiger partial charge in [-0.2, -0.15) is 0 Å². The number of benzene rings is 1. The molecule has 0 unspecified atom stereocenters. The lowest BCUT2D eigenvalue weighted by molar-refractivity contribution is -0.127. The van der Waals surface area contributed by atoms with Gasteiger partial charge < -0.3 is 25.0 Å². The van der Waals surface area contributed by atoms with Crippen molar-refractivity contribution in [2.24, 2.45) is 5.92 Å². The van der Waals surface area contributed by atoms with Gasteiger partial charge in [0.25, 0.3) is 5.91 Å². The minimum absolute atomic E-state index is 0.0521. The zero-order valence-electron chi connectivity index (χ0n) is 20.9. The first-order chi connectivity index (χ1) is 17.0. The van der Waals surface area contributed by atoms with Gasteiger partial charge in [-0.05, 0) is 75.2 Å². The molecule has 0 spiro atoms. The van der Waals surface area contributed by atoms with E-state index in [1.807, 2.05) is 12.1 Å². The van der Waals surface area contributed by atoms with Crippen LogP contribution in [0.4, 0.5) is 4.79 Å². The van der Waals surface area contributed by atoms with E-state index in [1.54, 1.807) is 20.3 Å². The number of hydrogen-bond donors (Lipinski definition) is 2. The van der Waals surface area contributed by atoms with E-state index >= 15 is 0 Å². The van der Waals surface area contributed by atoms with Gasteiger partial charge in [0.2, 0.25) is 5.91 Å². The first kappa shape index (κ1) is 25.3. The highest BCUT2D eigenvalue weighted by Crippen LogP contribution is 2.30. The summed E-state index contributed by atoms with van der Waals surface area (Å²) in [6, 6.07) is 5.08. The second-order valence-electron chi connectivity index (χ2n) is 9.78. The molecule has 3 aliphatic rings. The molecule has 0 radical (unpaired) electrons. The largest absolute Gasteiger partial charge is 0.493 e. The van der Waals surface area contributed by atoms with Crippen molar-refractivity contribution in [2.45, 2.75) is 63.5 Å². The molecular weight excluding hydrogens is 448 g/mol. The summed E-state index contributed by atoms with van der Waals surface area (Å²) < 4.78 is 10.6. The average molecular weight is 487 g/mol. The predicted molar refractivity (Wildman–Crippen MR) is 131 cm³/mol. The number of nitrogens with zero attached hydrogens (tertiary/aromatic N) is 2. The molecule has 0 aromatic heterocycles. The predicted octanol–water partition coefficient (Wildman–Crippen LogP) is 2.33. The summed E-state index contributed by atoms with van der Waals surface area (Å²) in [6.07, 6.45) is 7.17. The van der Waals surface area contributed by atoms with Crippen LogP contribution in [0, 0.1) is 5.92 Å². The SMILES string of the molecule is COc1ccc(CCN2C(=O)N[C@H](CCC(=O)NC[C@@H]3CCCN4CCCC[C@@H]34)C2=O)cc1OC. The first-order valence-electron chi connectivity index (χ1n) is 12.8. The molecule has 3 heterocycles. The lowest BCUT2D eigenvalue weighted by Gasteiger charge is -2.44. The summed E-state index contributed by atoms with van der Waals surface area (Å²) in [5.74, 6) is 1.42. The molecule has 1 aromatic carbocycles. The number of ether oxygens (including phenoxy) is 2. The molecule has 3 aliphatic heterocycles. The van der Waals surface area contributed by atoms with Gasteiger partial charge in [0.05, 0.1) is 14.2 Å². The quantitative estimate of drug-likeness (QED) is 0.493. The normalized spacial score (nSPS) is 24.6. The molecule has 3 saturated heterocycles. The van der Waals surface area contributed by atoms with Crippen molar-refractivity contribution in [3.8, 4) is 11.5 Å². The van der Waals surface area contributed by atoms with Crippen molar-refractivity contribution in [1.29, 1.82) is 0 Å². The van der Waals surface area contributed by atoms with Crippen LogP contribution in [0.1, 0.15) is 50.5 Å². The van der Waals surface area contributed by atoms with Crippen LogP contribution in [0.15, 0.2) is 18.2 Å². The summed E-state index contributed by atoms with van der Waals surface area (Å²) in [6.45, 7) is 3.33. The van der Waals surface area contributed by atoms with Crippen LogP contribution in [-0.2, 0) is 16.0 Å².